The lowest BCUT2D eigenvalue weighted by Gasteiger charge is -2.15. The molecule has 0 aliphatic rings. The van der Waals surface area contributed by atoms with Gasteiger partial charge in [0.05, 0.1) is 22.5 Å². The van der Waals surface area contributed by atoms with Crippen LogP contribution in [0.5, 0.6) is 0 Å². The summed E-state index contributed by atoms with van der Waals surface area (Å²) in [5.74, 6) is -1.11. The Kier molecular flexibility index (Phi) is 4.22. The number of hydrogen-bond donors (Lipinski definition) is 2. The Bertz CT molecular complexity index is 686. The molecule has 0 radical (unpaired) electrons. The van der Waals surface area contributed by atoms with E-state index >= 15 is 0 Å². The van der Waals surface area contributed by atoms with Gasteiger partial charge in [0.25, 0.3) is 0 Å². The fourth-order valence-electron chi connectivity index (χ4n) is 1.73. The maximum Gasteiger partial charge on any atom is 0.418 e. The number of hydrogen-bond acceptors (Lipinski definition) is 2. The zero-order valence-corrected chi connectivity index (χ0v) is 12.0. The van der Waals surface area contributed by atoms with Gasteiger partial charge in [-0.1, -0.05) is 12.1 Å². The van der Waals surface area contributed by atoms with Crippen molar-refractivity contribution in [2.75, 3.05) is 5.32 Å². The van der Waals surface area contributed by atoms with Crippen LogP contribution in [0.4, 0.5) is 24.5 Å². The Morgan fingerprint density at radius 1 is 1.10 bits per heavy atom. The number of carbonyl (C=O) groups is 1. The van der Waals surface area contributed by atoms with Crippen molar-refractivity contribution >= 4 is 33.3 Å². The number of carboxylic acid groups (broad SMARTS) is 1. The number of rotatable bonds is 3. The highest BCUT2D eigenvalue weighted by atomic mass is 79.9. The van der Waals surface area contributed by atoms with Crippen LogP contribution in [-0.2, 0) is 6.18 Å². The molecule has 0 bridgehead atoms. The zero-order valence-electron chi connectivity index (χ0n) is 10.4. The standard InChI is InChI=1S/C14H9BrF3NO2/c15-10-7-8(13(20)21)5-6-12(10)19-11-4-2-1-3-9(11)14(16,17)18/h1-7,19H,(H,20,21). The normalized spacial score (nSPS) is 11.2. The van der Waals surface area contributed by atoms with Crippen molar-refractivity contribution in [1.82, 2.24) is 0 Å². The molecule has 0 amide bonds. The summed E-state index contributed by atoms with van der Waals surface area (Å²) in [5, 5.41) is 11.5. The molecule has 2 aromatic rings. The Hall–Kier alpha value is -2.02. The summed E-state index contributed by atoms with van der Waals surface area (Å²) in [6.07, 6.45) is -4.48. The molecule has 0 fully saturated rings. The van der Waals surface area contributed by atoms with Crippen LogP contribution in [0.3, 0.4) is 0 Å². The highest BCUT2D eigenvalue weighted by Gasteiger charge is 2.33. The summed E-state index contributed by atoms with van der Waals surface area (Å²) in [6.45, 7) is 0. The van der Waals surface area contributed by atoms with Crippen LogP contribution in [0, 0.1) is 0 Å². The van der Waals surface area contributed by atoms with Crippen LogP contribution in [0.15, 0.2) is 46.9 Å². The molecule has 0 unspecified atom stereocenters. The molecular formula is C14H9BrF3NO2. The van der Waals surface area contributed by atoms with Crippen molar-refractivity contribution < 1.29 is 23.1 Å². The van der Waals surface area contributed by atoms with Crippen molar-refractivity contribution in [3.8, 4) is 0 Å². The molecule has 0 spiro atoms. The average Bonchev–Trinajstić information content (AvgIpc) is 2.40. The molecule has 2 rings (SSSR count). The molecule has 0 aromatic heterocycles. The number of carboxylic acids is 1. The molecule has 0 saturated carbocycles. The Labute approximate surface area is 126 Å². The zero-order chi connectivity index (χ0) is 15.6. The third-order valence-electron chi connectivity index (χ3n) is 2.72. The molecule has 0 atom stereocenters. The van der Waals surface area contributed by atoms with Gasteiger partial charge in [-0.15, -0.1) is 0 Å². The fourth-order valence-corrected chi connectivity index (χ4v) is 2.21. The second-order valence-electron chi connectivity index (χ2n) is 4.17. The maximum atomic E-state index is 12.9. The number of benzene rings is 2. The second-order valence-corrected chi connectivity index (χ2v) is 5.02. The van der Waals surface area contributed by atoms with Gasteiger partial charge in [0.15, 0.2) is 0 Å². The summed E-state index contributed by atoms with van der Waals surface area (Å²) in [7, 11) is 0. The third kappa shape index (κ3) is 3.55. The number of anilines is 2. The largest absolute Gasteiger partial charge is 0.478 e. The van der Waals surface area contributed by atoms with Gasteiger partial charge in [-0.25, -0.2) is 4.79 Å². The number of halogens is 4. The number of para-hydroxylation sites is 1. The van der Waals surface area contributed by atoms with E-state index in [1.165, 1.54) is 36.4 Å². The van der Waals surface area contributed by atoms with Crippen LogP contribution in [0.1, 0.15) is 15.9 Å². The number of nitrogens with one attached hydrogen (secondary N) is 1. The van der Waals surface area contributed by atoms with Crippen LogP contribution >= 0.6 is 15.9 Å². The van der Waals surface area contributed by atoms with E-state index in [-0.39, 0.29) is 11.3 Å². The first-order valence-corrected chi connectivity index (χ1v) is 6.54. The Balaban J connectivity index is 2.38. The lowest BCUT2D eigenvalue weighted by atomic mass is 10.1. The summed E-state index contributed by atoms with van der Waals surface area (Å²) >= 11 is 3.14. The first-order chi connectivity index (χ1) is 9.79. The van der Waals surface area contributed by atoms with Crippen LogP contribution < -0.4 is 5.32 Å². The molecule has 0 saturated heterocycles. The molecule has 0 heterocycles. The maximum absolute atomic E-state index is 12.9. The summed E-state index contributed by atoms with van der Waals surface area (Å²) < 4.78 is 39.0. The van der Waals surface area contributed by atoms with Crippen molar-refractivity contribution in [3.63, 3.8) is 0 Å². The van der Waals surface area contributed by atoms with Crippen molar-refractivity contribution in [1.29, 1.82) is 0 Å². The molecule has 7 heteroatoms. The van der Waals surface area contributed by atoms with Crippen LogP contribution in [0.2, 0.25) is 0 Å². The van der Waals surface area contributed by atoms with Crippen molar-refractivity contribution in [2.24, 2.45) is 0 Å². The van der Waals surface area contributed by atoms with Gasteiger partial charge in [-0.3, -0.25) is 0 Å². The number of alkyl halides is 3. The molecule has 21 heavy (non-hydrogen) atoms. The van der Waals surface area contributed by atoms with E-state index < -0.39 is 17.7 Å². The lowest BCUT2D eigenvalue weighted by Crippen LogP contribution is -2.08. The summed E-state index contributed by atoms with van der Waals surface area (Å²) in [5.41, 5.74) is -0.513. The second kappa shape index (κ2) is 5.77. The molecule has 0 aliphatic carbocycles. The molecule has 110 valence electrons. The van der Waals surface area contributed by atoms with Gasteiger partial charge in [-0.05, 0) is 46.3 Å². The van der Waals surface area contributed by atoms with Gasteiger partial charge >= 0.3 is 12.1 Å². The Morgan fingerprint density at radius 2 is 1.76 bits per heavy atom. The van der Waals surface area contributed by atoms with Gasteiger partial charge in [0.2, 0.25) is 0 Å². The highest BCUT2D eigenvalue weighted by Crippen LogP contribution is 2.37. The minimum Gasteiger partial charge on any atom is -0.478 e. The predicted octanol–water partition coefficient (Wildman–Crippen LogP) is 4.91. The minimum atomic E-state index is -4.48. The van der Waals surface area contributed by atoms with Crippen LogP contribution in [-0.4, -0.2) is 11.1 Å². The van der Waals surface area contributed by atoms with Gasteiger partial charge in [0, 0.05) is 4.47 Å². The minimum absolute atomic E-state index is 0.0385. The fraction of sp³-hybridized carbons (Fsp3) is 0.0714. The van der Waals surface area contributed by atoms with E-state index in [1.54, 1.807) is 0 Å². The monoisotopic (exact) mass is 359 g/mol. The van der Waals surface area contributed by atoms with Crippen molar-refractivity contribution in [3.05, 3.63) is 58.1 Å². The van der Waals surface area contributed by atoms with Gasteiger partial charge < -0.3 is 10.4 Å². The van der Waals surface area contributed by atoms with E-state index in [4.69, 9.17) is 5.11 Å². The smallest absolute Gasteiger partial charge is 0.418 e. The van der Waals surface area contributed by atoms with Gasteiger partial charge in [-0.2, -0.15) is 13.2 Å². The quantitative estimate of drug-likeness (QED) is 0.818. The molecular weight excluding hydrogens is 351 g/mol. The van der Waals surface area contributed by atoms with Crippen molar-refractivity contribution in [2.45, 2.75) is 6.18 Å². The molecule has 0 aliphatic heterocycles. The third-order valence-corrected chi connectivity index (χ3v) is 3.37. The van der Waals surface area contributed by atoms with Crippen LogP contribution in [0.25, 0.3) is 0 Å². The van der Waals surface area contributed by atoms with E-state index in [0.717, 1.165) is 6.07 Å². The van der Waals surface area contributed by atoms with E-state index in [1.807, 2.05) is 0 Å². The van der Waals surface area contributed by atoms with Gasteiger partial charge in [0.1, 0.15) is 0 Å². The summed E-state index contributed by atoms with van der Waals surface area (Å²) in [6, 6.07) is 9.10. The number of aromatic carboxylic acids is 1. The van der Waals surface area contributed by atoms with E-state index in [2.05, 4.69) is 21.2 Å². The first-order valence-electron chi connectivity index (χ1n) is 5.75. The SMILES string of the molecule is O=C(O)c1ccc(Nc2ccccc2C(F)(F)F)c(Br)c1. The summed E-state index contributed by atoms with van der Waals surface area (Å²) in [4.78, 5) is 10.8. The highest BCUT2D eigenvalue weighted by molar-refractivity contribution is 9.10. The average molecular weight is 360 g/mol. The Morgan fingerprint density at radius 3 is 2.33 bits per heavy atom. The van der Waals surface area contributed by atoms with E-state index in [9.17, 15) is 18.0 Å². The molecule has 3 nitrogen and oxygen atoms in total. The van der Waals surface area contributed by atoms with E-state index in [0.29, 0.717) is 10.2 Å². The lowest BCUT2D eigenvalue weighted by molar-refractivity contribution is -0.136. The predicted molar refractivity (Wildman–Crippen MR) is 75.8 cm³/mol. The molecule has 2 aromatic carbocycles. The molecule has 2 N–H and O–H groups in total. The first kappa shape index (κ1) is 15.4. The topological polar surface area (TPSA) is 49.3 Å².